The first-order valence-corrected chi connectivity index (χ1v) is 7.84. The number of hydrogen-bond acceptors (Lipinski definition) is 3. The number of halogens is 1. The van der Waals surface area contributed by atoms with E-state index in [1.165, 1.54) is 22.8 Å². The summed E-state index contributed by atoms with van der Waals surface area (Å²) in [6, 6.07) is 1.50. The largest absolute Gasteiger partial charge is 0.263 e. The number of pyridine rings is 1. The maximum atomic E-state index is 12.5. The van der Waals surface area contributed by atoms with Crippen LogP contribution in [0.25, 0.3) is 0 Å². The van der Waals surface area contributed by atoms with Crippen LogP contribution in [0.2, 0.25) is 5.02 Å². The van der Waals surface area contributed by atoms with Crippen LogP contribution in [-0.2, 0) is 10.0 Å². The Hall–Kier alpha value is -0.650. The van der Waals surface area contributed by atoms with Crippen molar-refractivity contribution < 1.29 is 8.42 Å². The van der Waals surface area contributed by atoms with Gasteiger partial charge < -0.3 is 0 Å². The molecule has 2 heterocycles. The molecule has 0 aliphatic carbocycles. The molecule has 1 aromatic heterocycles. The Labute approximate surface area is 113 Å². The zero-order valence-electron chi connectivity index (χ0n) is 10.5. The molecule has 0 radical (unpaired) electrons. The van der Waals surface area contributed by atoms with Crippen molar-refractivity contribution in [2.75, 3.05) is 13.1 Å². The molecule has 0 bridgehead atoms. The van der Waals surface area contributed by atoms with E-state index < -0.39 is 10.0 Å². The number of sulfonamides is 1. The SMILES string of the molecule is CC1CCN(S(=O)(=O)c2cnccc2Cl)CC1C. The maximum absolute atomic E-state index is 12.5. The van der Waals surface area contributed by atoms with E-state index in [0.717, 1.165) is 6.42 Å². The minimum atomic E-state index is -3.51. The molecule has 0 aromatic carbocycles. The van der Waals surface area contributed by atoms with Gasteiger partial charge in [0, 0.05) is 25.5 Å². The third-order valence-corrected chi connectivity index (χ3v) is 5.98. The van der Waals surface area contributed by atoms with Gasteiger partial charge in [-0.2, -0.15) is 4.31 Å². The molecule has 0 saturated carbocycles. The number of hydrogen-bond donors (Lipinski definition) is 0. The molecule has 2 rings (SSSR count). The van der Waals surface area contributed by atoms with Crippen molar-refractivity contribution in [2.24, 2.45) is 11.8 Å². The molecular formula is C12H17ClN2O2S. The molecule has 0 spiro atoms. The molecule has 1 aliphatic heterocycles. The van der Waals surface area contributed by atoms with Crippen LogP contribution in [0.1, 0.15) is 20.3 Å². The molecule has 4 nitrogen and oxygen atoms in total. The highest BCUT2D eigenvalue weighted by Gasteiger charge is 2.32. The van der Waals surface area contributed by atoms with Crippen molar-refractivity contribution >= 4 is 21.6 Å². The quantitative estimate of drug-likeness (QED) is 0.840. The third kappa shape index (κ3) is 2.53. The average Bonchev–Trinajstić information content (AvgIpc) is 2.33. The number of piperidine rings is 1. The topological polar surface area (TPSA) is 50.3 Å². The van der Waals surface area contributed by atoms with Crippen LogP contribution in [0.15, 0.2) is 23.4 Å². The molecule has 0 amide bonds. The summed E-state index contributed by atoms with van der Waals surface area (Å²) < 4.78 is 26.4. The Morgan fingerprint density at radius 2 is 2.11 bits per heavy atom. The summed E-state index contributed by atoms with van der Waals surface area (Å²) in [7, 11) is -3.51. The van der Waals surface area contributed by atoms with Crippen LogP contribution >= 0.6 is 11.6 Å². The van der Waals surface area contributed by atoms with Crippen molar-refractivity contribution in [2.45, 2.75) is 25.2 Å². The Balaban J connectivity index is 2.30. The first-order chi connectivity index (χ1) is 8.43. The predicted molar refractivity (Wildman–Crippen MR) is 71.0 cm³/mol. The van der Waals surface area contributed by atoms with Gasteiger partial charge in [0.1, 0.15) is 4.90 Å². The molecule has 100 valence electrons. The molecule has 1 aliphatic rings. The van der Waals surface area contributed by atoms with E-state index in [2.05, 4.69) is 18.8 Å². The highest BCUT2D eigenvalue weighted by Crippen LogP contribution is 2.29. The van der Waals surface area contributed by atoms with E-state index in [-0.39, 0.29) is 9.92 Å². The van der Waals surface area contributed by atoms with Gasteiger partial charge in [-0.25, -0.2) is 8.42 Å². The predicted octanol–water partition coefficient (Wildman–Crippen LogP) is 2.40. The molecule has 2 atom stereocenters. The molecule has 6 heteroatoms. The van der Waals surface area contributed by atoms with Gasteiger partial charge in [0.2, 0.25) is 10.0 Å². The minimum absolute atomic E-state index is 0.105. The van der Waals surface area contributed by atoms with Crippen LogP contribution in [0, 0.1) is 11.8 Å². The fraction of sp³-hybridized carbons (Fsp3) is 0.583. The molecule has 2 unspecified atom stereocenters. The molecule has 1 aromatic rings. The van der Waals surface area contributed by atoms with Gasteiger partial charge in [-0.15, -0.1) is 0 Å². The van der Waals surface area contributed by atoms with E-state index in [9.17, 15) is 8.42 Å². The van der Waals surface area contributed by atoms with E-state index in [0.29, 0.717) is 24.9 Å². The Kier molecular flexibility index (Phi) is 3.94. The molecule has 0 N–H and O–H groups in total. The fourth-order valence-electron chi connectivity index (χ4n) is 2.13. The number of nitrogens with zero attached hydrogens (tertiary/aromatic N) is 2. The summed E-state index contributed by atoms with van der Waals surface area (Å²) in [5, 5.41) is 0.233. The van der Waals surface area contributed by atoms with Crippen LogP contribution < -0.4 is 0 Å². The second-order valence-electron chi connectivity index (χ2n) is 4.91. The van der Waals surface area contributed by atoms with Crippen LogP contribution in [-0.4, -0.2) is 30.8 Å². The summed E-state index contributed by atoms with van der Waals surface area (Å²) in [5.74, 6) is 0.921. The Morgan fingerprint density at radius 3 is 2.72 bits per heavy atom. The van der Waals surface area contributed by atoms with E-state index >= 15 is 0 Å². The first kappa shape index (κ1) is 13.8. The zero-order valence-corrected chi connectivity index (χ0v) is 12.1. The van der Waals surface area contributed by atoms with Gasteiger partial charge in [0.25, 0.3) is 0 Å². The normalized spacial score (nSPS) is 26.2. The van der Waals surface area contributed by atoms with Crippen molar-refractivity contribution in [3.8, 4) is 0 Å². The summed E-state index contributed by atoms with van der Waals surface area (Å²) in [4.78, 5) is 3.96. The summed E-state index contributed by atoms with van der Waals surface area (Å²) in [5.41, 5.74) is 0. The summed E-state index contributed by atoms with van der Waals surface area (Å²) >= 11 is 5.95. The third-order valence-electron chi connectivity index (χ3n) is 3.65. The maximum Gasteiger partial charge on any atom is 0.246 e. The second-order valence-corrected chi connectivity index (χ2v) is 7.23. The van der Waals surface area contributed by atoms with E-state index in [1.807, 2.05) is 0 Å². The lowest BCUT2D eigenvalue weighted by molar-refractivity contribution is 0.212. The Morgan fingerprint density at radius 1 is 1.39 bits per heavy atom. The van der Waals surface area contributed by atoms with Crippen molar-refractivity contribution in [3.05, 3.63) is 23.5 Å². The van der Waals surface area contributed by atoms with E-state index in [1.54, 1.807) is 0 Å². The van der Waals surface area contributed by atoms with Gasteiger partial charge in [0.05, 0.1) is 5.02 Å². The lowest BCUT2D eigenvalue weighted by atomic mass is 9.90. The van der Waals surface area contributed by atoms with Gasteiger partial charge in [0.15, 0.2) is 0 Å². The molecule has 1 saturated heterocycles. The molecule has 18 heavy (non-hydrogen) atoms. The summed E-state index contributed by atoms with van der Waals surface area (Å²) in [6.07, 6.45) is 3.70. The highest BCUT2D eigenvalue weighted by atomic mass is 35.5. The monoisotopic (exact) mass is 288 g/mol. The van der Waals surface area contributed by atoms with Gasteiger partial charge in [-0.3, -0.25) is 4.98 Å². The minimum Gasteiger partial charge on any atom is -0.263 e. The lowest BCUT2D eigenvalue weighted by Crippen LogP contribution is -2.42. The Bertz CT molecular complexity index is 533. The fourth-order valence-corrected chi connectivity index (χ4v) is 4.10. The van der Waals surface area contributed by atoms with Gasteiger partial charge in [-0.1, -0.05) is 25.4 Å². The molecular weight excluding hydrogens is 272 g/mol. The van der Waals surface area contributed by atoms with Crippen molar-refractivity contribution in [1.29, 1.82) is 0 Å². The smallest absolute Gasteiger partial charge is 0.246 e. The van der Waals surface area contributed by atoms with Crippen molar-refractivity contribution in [1.82, 2.24) is 9.29 Å². The van der Waals surface area contributed by atoms with E-state index in [4.69, 9.17) is 11.6 Å². The zero-order chi connectivity index (χ0) is 13.3. The van der Waals surface area contributed by atoms with Gasteiger partial charge >= 0.3 is 0 Å². The molecule has 1 fully saturated rings. The van der Waals surface area contributed by atoms with Crippen molar-refractivity contribution in [3.63, 3.8) is 0 Å². The summed E-state index contributed by atoms with van der Waals surface area (Å²) in [6.45, 7) is 5.34. The average molecular weight is 289 g/mol. The highest BCUT2D eigenvalue weighted by molar-refractivity contribution is 7.89. The standard InChI is InChI=1S/C12H17ClN2O2S/c1-9-4-6-15(8-10(9)2)18(16,17)12-7-14-5-3-11(12)13/h3,5,7,9-10H,4,6,8H2,1-2H3. The number of aromatic nitrogens is 1. The van der Waals surface area contributed by atoms with Crippen LogP contribution in [0.3, 0.4) is 0 Å². The lowest BCUT2D eigenvalue weighted by Gasteiger charge is -2.34. The van der Waals surface area contributed by atoms with Crippen LogP contribution in [0.5, 0.6) is 0 Å². The first-order valence-electron chi connectivity index (χ1n) is 6.02. The van der Waals surface area contributed by atoms with Gasteiger partial charge in [-0.05, 0) is 24.3 Å². The van der Waals surface area contributed by atoms with Crippen LogP contribution in [0.4, 0.5) is 0 Å². The second kappa shape index (κ2) is 5.15. The number of rotatable bonds is 2.